The summed E-state index contributed by atoms with van der Waals surface area (Å²) in [7, 11) is 16.0. The van der Waals surface area contributed by atoms with Crippen LogP contribution in [0.15, 0.2) is 211 Å². The van der Waals surface area contributed by atoms with Crippen molar-refractivity contribution in [2.75, 3.05) is 115 Å². The van der Waals surface area contributed by atoms with Gasteiger partial charge in [0.25, 0.3) is 17.1 Å². The minimum Gasteiger partial charge on any atom is -0.506 e. The lowest BCUT2D eigenvalue weighted by molar-refractivity contribution is 0.101. The fourth-order valence-electron chi connectivity index (χ4n) is 14.3. The van der Waals surface area contributed by atoms with E-state index in [4.69, 9.17) is 44.3 Å². The maximum Gasteiger partial charge on any atom is 0.325 e. The van der Waals surface area contributed by atoms with E-state index < -0.39 is 17.2 Å². The third kappa shape index (κ3) is 29.0. The van der Waals surface area contributed by atoms with Gasteiger partial charge in [0.1, 0.15) is 23.0 Å². The molecule has 4 amide bonds. The molecule has 0 bridgehead atoms. The number of alkyl halides is 2. The number of phenolic OH excluding ortho intramolecular Hbond substituents is 2. The van der Waals surface area contributed by atoms with Crippen molar-refractivity contribution in [2.45, 2.75) is 197 Å². The van der Waals surface area contributed by atoms with Crippen molar-refractivity contribution in [1.82, 2.24) is 0 Å². The Bertz CT molecular complexity index is 4910. The summed E-state index contributed by atoms with van der Waals surface area (Å²) in [6, 6.07) is 57.0. The molecule has 654 valence electrons. The monoisotopic (exact) mass is 1900 g/mol. The van der Waals surface area contributed by atoms with Crippen molar-refractivity contribution in [3.63, 3.8) is 0 Å². The van der Waals surface area contributed by atoms with Gasteiger partial charge in [0.2, 0.25) is 0 Å². The topological polar surface area (TPSA) is 171 Å². The van der Waals surface area contributed by atoms with Gasteiger partial charge in [0.05, 0.1) is 63.8 Å². The average molecular weight is 1900 g/mol. The quantitative estimate of drug-likeness (QED) is 0.00364. The van der Waals surface area contributed by atoms with Crippen molar-refractivity contribution in [1.29, 1.82) is 0 Å². The molecule has 2 aliphatic heterocycles. The zero-order valence-corrected chi connectivity index (χ0v) is 80.1. The standard InChI is InChI=1S/C48H58N4O4S2.C31H41NO3S.C17H18ClN3OS.CH2Cl2.CH2I/c1-6-7-8-9-10-11-12-13-14-15-16-21-30-56-42-25-20-19-24-39(42)49-47(54)38-33-43(36-22-17-18-23-37(36)46(38)53)58-48(55)52-40-28-26-34(50(2)3)31-44(40)57-45-32-35(51(4)5)27-29-41(45)52;1-2-3-4-5-6-7-8-9-10-11-12-17-22-35-28-21-16-15-20-27(28)32-31(34)26-23-29(36)24-18-13-14-19-25(24)30(26)33;1-19(2)11-5-7-13-15(9-11)23-16-10-12(20(3)4)6-8-14(16)21(13)17(18)22;2-1-3;1-2/h17-20,22-29,31-33,53H,6-16,21,30H2,1-5H3,(H,49,54);13-16,18-21,23,33,36H,2-12,17,22H2,1H3,(H,32,34);5-10H,1-4H3;1H2;1H2/q;;;;-1. The second-order valence-electron chi connectivity index (χ2n) is 30.8. The SMILES string of the molecule is CCCCCCCCCCCCCCOc1ccccc1NC(=O)c1cc(S)c2ccccc2c1O.CCCCCCCCCCCCCCOc1ccccc1NC(=O)c1cc(SC(=O)N2c3ccc(N(C)C)cc3Sc3cc(N(C)C)ccc32)c2ccccc2c1O.CN(C)c1ccc2c(c1)Sc1cc(N(C)C)ccc1N2C(=O)Cl.ClCCl.[CH2-]I. The first kappa shape index (κ1) is 99.4. The van der Waals surface area contributed by atoms with Crippen LogP contribution in [0.25, 0.3) is 21.5 Å². The number of para-hydroxylation sites is 4. The van der Waals surface area contributed by atoms with Gasteiger partial charge in [-0.2, -0.15) is 0 Å². The molecule has 0 saturated heterocycles. The summed E-state index contributed by atoms with van der Waals surface area (Å²) in [5.41, 5.74) is 8.86. The number of aromatic hydroxyl groups is 2. The van der Waals surface area contributed by atoms with E-state index in [1.807, 2.05) is 226 Å². The van der Waals surface area contributed by atoms with Crippen LogP contribution in [0.5, 0.6) is 23.0 Å². The maximum absolute atomic E-state index is 14.6. The highest BCUT2D eigenvalue weighted by Crippen LogP contribution is 2.54. The number of halogens is 4. The van der Waals surface area contributed by atoms with Gasteiger partial charge in [0, 0.05) is 119 Å². The normalized spacial score (nSPS) is 11.5. The highest BCUT2D eigenvalue weighted by atomic mass is 127. The molecule has 0 atom stereocenters. The Morgan fingerprint density at radius 2 is 0.713 bits per heavy atom. The summed E-state index contributed by atoms with van der Waals surface area (Å²) < 4.78 is 12.2. The number of carbonyl (C=O) groups is 4. The van der Waals surface area contributed by atoms with E-state index >= 15 is 0 Å². The molecule has 2 heterocycles. The molecule has 24 heteroatoms. The number of hydrogen-bond donors (Lipinski definition) is 5. The molecular formula is C98H121Cl3IN8O8S4-. The highest BCUT2D eigenvalue weighted by Gasteiger charge is 2.33. The Labute approximate surface area is 771 Å². The van der Waals surface area contributed by atoms with Crippen LogP contribution in [0.3, 0.4) is 0 Å². The molecule has 16 nitrogen and oxygen atoms in total. The Balaban J connectivity index is 0.000000244. The van der Waals surface area contributed by atoms with Crippen LogP contribution in [-0.2, 0) is 0 Å². The number of nitrogens with one attached hydrogen (secondary N) is 2. The maximum atomic E-state index is 14.6. The van der Waals surface area contributed by atoms with E-state index in [-0.39, 0.29) is 33.2 Å². The lowest BCUT2D eigenvalue weighted by atomic mass is 10.0. The summed E-state index contributed by atoms with van der Waals surface area (Å²) in [6.07, 6.45) is 30.9. The molecule has 2 aliphatic rings. The van der Waals surface area contributed by atoms with Gasteiger partial charge in [-0.1, -0.05) is 251 Å². The predicted octanol–water partition coefficient (Wildman–Crippen LogP) is 30.1. The molecule has 10 aromatic carbocycles. The number of thioether (sulfide) groups is 1. The van der Waals surface area contributed by atoms with Crippen LogP contribution in [0, 0.1) is 4.93 Å². The molecule has 0 saturated carbocycles. The van der Waals surface area contributed by atoms with Gasteiger partial charge in [-0.15, -0.1) is 35.8 Å². The van der Waals surface area contributed by atoms with Crippen LogP contribution in [0.1, 0.15) is 189 Å². The number of carbonyl (C=O) groups excluding carboxylic acids is 4. The van der Waals surface area contributed by atoms with Crippen molar-refractivity contribution in [3.05, 3.63) is 198 Å². The van der Waals surface area contributed by atoms with Gasteiger partial charge >= 0.3 is 5.37 Å². The summed E-state index contributed by atoms with van der Waals surface area (Å²) in [6.45, 7) is 5.70. The molecule has 10 aromatic rings. The number of unbranched alkanes of at least 4 members (excludes halogenated alkanes) is 22. The van der Waals surface area contributed by atoms with Crippen LogP contribution >= 0.6 is 105 Å². The fraction of sp³-hybridized carbons (Fsp3) is 0.378. The van der Waals surface area contributed by atoms with Crippen LogP contribution in [0.2, 0.25) is 0 Å². The highest BCUT2D eigenvalue weighted by molar-refractivity contribution is 14.1. The van der Waals surface area contributed by atoms with E-state index in [9.17, 15) is 29.4 Å². The molecule has 122 heavy (non-hydrogen) atoms. The van der Waals surface area contributed by atoms with Gasteiger partial charge in [0.15, 0.2) is 0 Å². The van der Waals surface area contributed by atoms with Gasteiger partial charge < -0.3 is 72.5 Å². The smallest absolute Gasteiger partial charge is 0.325 e. The summed E-state index contributed by atoms with van der Waals surface area (Å²) >= 11 is 26.2. The summed E-state index contributed by atoms with van der Waals surface area (Å²) in [4.78, 5) is 73.6. The Morgan fingerprint density at radius 1 is 0.418 bits per heavy atom. The summed E-state index contributed by atoms with van der Waals surface area (Å²) in [5, 5.41) is 30.1. The van der Waals surface area contributed by atoms with Gasteiger partial charge in [-0.05, 0) is 156 Å². The third-order valence-electron chi connectivity index (χ3n) is 21.0. The number of anilines is 10. The second kappa shape index (κ2) is 52.7. The van der Waals surface area contributed by atoms with E-state index in [0.29, 0.717) is 62.0 Å². The third-order valence-corrected chi connectivity index (χ3v) is 24.7. The first-order chi connectivity index (χ1) is 59.1. The fourth-order valence-corrected chi connectivity index (χ4v) is 18.0. The van der Waals surface area contributed by atoms with Crippen molar-refractivity contribution < 1.29 is 38.9 Å². The number of nitrogens with zero attached hydrogens (tertiary/aromatic N) is 6. The van der Waals surface area contributed by atoms with E-state index in [2.05, 4.69) is 66.3 Å². The van der Waals surface area contributed by atoms with Crippen LogP contribution in [-0.4, -0.2) is 108 Å². The van der Waals surface area contributed by atoms with E-state index in [1.54, 1.807) is 63.7 Å². The molecule has 0 aliphatic carbocycles. The molecule has 0 aromatic heterocycles. The van der Waals surface area contributed by atoms with Crippen LogP contribution < -0.4 is 49.5 Å². The zero-order chi connectivity index (χ0) is 88.0. The van der Waals surface area contributed by atoms with E-state index in [0.717, 1.165) is 108 Å². The van der Waals surface area contributed by atoms with E-state index in [1.165, 1.54) is 128 Å². The molecule has 0 spiro atoms. The molecule has 0 fully saturated rings. The molecule has 12 rings (SSSR count). The Kier molecular flexibility index (Phi) is 42.9. The zero-order valence-electron chi connectivity index (χ0n) is 72.3. The average Bonchev–Trinajstić information content (AvgIpc) is 0.756. The number of ether oxygens (including phenoxy) is 2. The Morgan fingerprint density at radius 3 is 1.06 bits per heavy atom. The number of amides is 4. The number of hydrogen-bond acceptors (Lipinski definition) is 16. The number of rotatable bonds is 37. The van der Waals surface area contributed by atoms with Crippen LogP contribution in [0.4, 0.5) is 66.5 Å². The lowest BCUT2D eigenvalue weighted by Gasteiger charge is -2.32. The first-order valence-corrected chi connectivity index (χ1v) is 48.2. The van der Waals surface area contributed by atoms with Gasteiger partial charge in [-0.3, -0.25) is 33.9 Å². The van der Waals surface area contributed by atoms with Crippen molar-refractivity contribution in [3.8, 4) is 23.0 Å². The second-order valence-corrected chi connectivity index (χ2v) is 35.6. The van der Waals surface area contributed by atoms with Crippen molar-refractivity contribution in [2.24, 2.45) is 0 Å². The lowest BCUT2D eigenvalue weighted by Crippen LogP contribution is -2.25. The minimum absolute atomic E-state index is 0.0456. The number of phenols is 2. The molecule has 0 unspecified atom stereocenters. The van der Waals surface area contributed by atoms with Crippen molar-refractivity contribution >= 4 is 206 Å². The largest absolute Gasteiger partial charge is 0.506 e. The number of thiol groups is 1. The minimum atomic E-state index is -0.497. The first-order valence-electron chi connectivity index (χ1n) is 42.3. The molecule has 0 radical (unpaired) electrons. The molecule has 4 N–H and O–H groups in total. The Hall–Kier alpha value is -8.00. The number of fused-ring (bicyclic) bond motifs is 6. The van der Waals surface area contributed by atoms with Gasteiger partial charge in [-0.25, -0.2) is 0 Å². The molecular weight excluding hydrogens is 1780 g/mol. The summed E-state index contributed by atoms with van der Waals surface area (Å²) in [5.74, 6) is 0.152. The number of benzene rings is 10. The predicted molar refractivity (Wildman–Crippen MR) is 534 cm³/mol.